The molecule has 2 aliphatic heterocycles. The molecule has 1 amide bonds. The van der Waals surface area contributed by atoms with Gasteiger partial charge in [-0.1, -0.05) is 18.2 Å². The van der Waals surface area contributed by atoms with Crippen LogP contribution >= 0.6 is 0 Å². The van der Waals surface area contributed by atoms with Crippen molar-refractivity contribution in [2.45, 2.75) is 25.3 Å². The maximum atomic E-state index is 12.2. The van der Waals surface area contributed by atoms with Gasteiger partial charge in [0.1, 0.15) is 0 Å². The summed E-state index contributed by atoms with van der Waals surface area (Å²) in [6, 6.07) is 8.49. The van der Waals surface area contributed by atoms with Gasteiger partial charge in [0.15, 0.2) is 0 Å². The molecule has 2 heterocycles. The Morgan fingerprint density at radius 2 is 2.05 bits per heavy atom. The van der Waals surface area contributed by atoms with Crippen molar-refractivity contribution >= 4 is 11.6 Å². The predicted molar refractivity (Wildman–Crippen MR) is 74.1 cm³/mol. The Kier molecular flexibility index (Phi) is 3.69. The lowest BCUT2D eigenvalue weighted by Crippen LogP contribution is -2.46. The van der Waals surface area contributed by atoms with Gasteiger partial charge in [0.25, 0.3) is 0 Å². The molecule has 1 fully saturated rings. The molecule has 0 saturated carbocycles. The maximum Gasteiger partial charge on any atom is 0.223 e. The highest BCUT2D eigenvalue weighted by molar-refractivity contribution is 5.79. The monoisotopic (exact) mass is 260 g/mol. The molecule has 102 valence electrons. The zero-order valence-corrected chi connectivity index (χ0v) is 11.0. The topological polar surface area (TPSA) is 50.4 Å². The molecular weight excluding hydrogens is 240 g/mol. The van der Waals surface area contributed by atoms with E-state index in [2.05, 4.69) is 22.8 Å². The summed E-state index contributed by atoms with van der Waals surface area (Å²) in [6.45, 7) is 2.24. The number of carbonyl (C=O) groups is 1. The lowest BCUT2D eigenvalue weighted by Gasteiger charge is -2.29. The molecule has 1 unspecified atom stereocenters. The third kappa shape index (κ3) is 2.89. The molecular formula is C15H20N2O2. The summed E-state index contributed by atoms with van der Waals surface area (Å²) >= 11 is 0. The number of hydrogen-bond donors (Lipinski definition) is 2. The summed E-state index contributed by atoms with van der Waals surface area (Å²) in [5, 5.41) is 6.55. The molecule has 1 saturated heterocycles. The summed E-state index contributed by atoms with van der Waals surface area (Å²) in [5.41, 5.74) is 2.48. The van der Waals surface area contributed by atoms with Gasteiger partial charge in [-0.05, 0) is 30.9 Å². The van der Waals surface area contributed by atoms with Gasteiger partial charge >= 0.3 is 0 Å². The van der Waals surface area contributed by atoms with Gasteiger partial charge in [0.05, 0.1) is 6.04 Å². The van der Waals surface area contributed by atoms with Crippen LogP contribution < -0.4 is 10.6 Å². The van der Waals surface area contributed by atoms with Crippen molar-refractivity contribution in [3.05, 3.63) is 29.8 Å². The Morgan fingerprint density at radius 1 is 1.26 bits per heavy atom. The van der Waals surface area contributed by atoms with Crippen molar-refractivity contribution in [1.29, 1.82) is 0 Å². The fourth-order valence-corrected chi connectivity index (χ4v) is 2.82. The van der Waals surface area contributed by atoms with Crippen LogP contribution in [0.2, 0.25) is 0 Å². The number of anilines is 1. The van der Waals surface area contributed by atoms with E-state index in [0.717, 1.165) is 25.8 Å². The average molecular weight is 260 g/mol. The molecule has 1 aromatic rings. The van der Waals surface area contributed by atoms with Crippen LogP contribution in [0.15, 0.2) is 24.3 Å². The maximum absolute atomic E-state index is 12.2. The van der Waals surface area contributed by atoms with E-state index in [4.69, 9.17) is 4.74 Å². The van der Waals surface area contributed by atoms with E-state index in [0.29, 0.717) is 13.2 Å². The van der Waals surface area contributed by atoms with Crippen molar-refractivity contribution < 1.29 is 9.53 Å². The fraction of sp³-hybridized carbons (Fsp3) is 0.533. The van der Waals surface area contributed by atoms with Gasteiger partial charge in [0, 0.05) is 31.4 Å². The van der Waals surface area contributed by atoms with Gasteiger partial charge in [-0.25, -0.2) is 0 Å². The van der Waals surface area contributed by atoms with Crippen LogP contribution in [-0.4, -0.2) is 31.7 Å². The van der Waals surface area contributed by atoms with Gasteiger partial charge in [-0.3, -0.25) is 4.79 Å². The van der Waals surface area contributed by atoms with Crippen LogP contribution in [0.25, 0.3) is 0 Å². The molecule has 0 aromatic heterocycles. The van der Waals surface area contributed by atoms with E-state index in [9.17, 15) is 4.79 Å². The first-order chi connectivity index (χ1) is 9.33. The van der Waals surface area contributed by atoms with Crippen molar-refractivity contribution in [3.63, 3.8) is 0 Å². The molecule has 4 heteroatoms. The first-order valence-electron chi connectivity index (χ1n) is 7.03. The molecule has 4 nitrogen and oxygen atoms in total. The lowest BCUT2D eigenvalue weighted by atomic mass is 9.96. The summed E-state index contributed by atoms with van der Waals surface area (Å²) < 4.78 is 5.29. The number of para-hydroxylation sites is 1. The van der Waals surface area contributed by atoms with E-state index in [1.165, 1.54) is 11.3 Å². The number of ether oxygens (including phenoxy) is 1. The third-order valence-corrected chi connectivity index (χ3v) is 3.96. The van der Waals surface area contributed by atoms with E-state index in [1.54, 1.807) is 0 Å². The number of rotatable bonds is 2. The molecule has 0 bridgehead atoms. The van der Waals surface area contributed by atoms with Crippen molar-refractivity contribution in [2.75, 3.05) is 25.1 Å². The van der Waals surface area contributed by atoms with E-state index in [-0.39, 0.29) is 17.9 Å². The minimum Gasteiger partial charge on any atom is -0.383 e. The van der Waals surface area contributed by atoms with Crippen LogP contribution in [0.1, 0.15) is 18.4 Å². The van der Waals surface area contributed by atoms with Gasteiger partial charge in [-0.2, -0.15) is 0 Å². The molecule has 1 aromatic carbocycles. The number of fused-ring (bicyclic) bond motifs is 1. The highest BCUT2D eigenvalue weighted by Gasteiger charge is 2.25. The number of benzene rings is 1. The molecule has 0 aliphatic carbocycles. The smallest absolute Gasteiger partial charge is 0.223 e. The summed E-state index contributed by atoms with van der Waals surface area (Å²) in [4.78, 5) is 12.2. The Morgan fingerprint density at radius 3 is 2.89 bits per heavy atom. The standard InChI is InChI=1S/C15H20N2O2/c18-15(11-5-7-19-8-6-11)17-13-9-12-3-1-2-4-14(12)16-10-13/h1-4,11,13,16H,5-10H2,(H,17,18). The largest absolute Gasteiger partial charge is 0.383 e. The minimum atomic E-state index is 0.130. The minimum absolute atomic E-state index is 0.130. The Balaban J connectivity index is 1.58. The quantitative estimate of drug-likeness (QED) is 0.848. The van der Waals surface area contributed by atoms with E-state index >= 15 is 0 Å². The second kappa shape index (κ2) is 5.61. The summed E-state index contributed by atoms with van der Waals surface area (Å²) in [5.74, 6) is 0.320. The molecule has 2 aliphatic rings. The van der Waals surface area contributed by atoms with Crippen molar-refractivity contribution in [2.24, 2.45) is 5.92 Å². The zero-order chi connectivity index (χ0) is 13.1. The Hall–Kier alpha value is -1.55. The van der Waals surface area contributed by atoms with Gasteiger partial charge < -0.3 is 15.4 Å². The number of nitrogens with one attached hydrogen (secondary N) is 2. The van der Waals surface area contributed by atoms with E-state index < -0.39 is 0 Å². The van der Waals surface area contributed by atoms with Crippen molar-refractivity contribution in [1.82, 2.24) is 5.32 Å². The number of carbonyl (C=O) groups excluding carboxylic acids is 1. The molecule has 19 heavy (non-hydrogen) atoms. The molecule has 3 rings (SSSR count). The first kappa shape index (κ1) is 12.5. The molecule has 0 radical (unpaired) electrons. The second-order valence-corrected chi connectivity index (χ2v) is 5.33. The lowest BCUT2D eigenvalue weighted by molar-refractivity contribution is -0.128. The van der Waals surface area contributed by atoms with Crippen molar-refractivity contribution in [3.8, 4) is 0 Å². The molecule has 0 spiro atoms. The van der Waals surface area contributed by atoms with Crippen LogP contribution in [0.4, 0.5) is 5.69 Å². The predicted octanol–water partition coefficient (Wildman–Crippen LogP) is 1.57. The normalized spacial score (nSPS) is 23.3. The van der Waals surface area contributed by atoms with Crippen LogP contribution in [0, 0.1) is 5.92 Å². The number of amides is 1. The van der Waals surface area contributed by atoms with Crippen LogP contribution in [0.5, 0.6) is 0 Å². The number of hydrogen-bond acceptors (Lipinski definition) is 3. The Bertz CT molecular complexity index is 455. The highest BCUT2D eigenvalue weighted by Crippen LogP contribution is 2.22. The SMILES string of the molecule is O=C(NC1CNc2ccccc2C1)C1CCOCC1. The zero-order valence-electron chi connectivity index (χ0n) is 11.0. The highest BCUT2D eigenvalue weighted by atomic mass is 16.5. The average Bonchev–Trinajstić information content (AvgIpc) is 2.48. The summed E-state index contributed by atoms with van der Waals surface area (Å²) in [6.07, 6.45) is 2.61. The van der Waals surface area contributed by atoms with Gasteiger partial charge in [0.2, 0.25) is 5.91 Å². The fourth-order valence-electron chi connectivity index (χ4n) is 2.82. The first-order valence-corrected chi connectivity index (χ1v) is 7.03. The molecule has 1 atom stereocenters. The third-order valence-electron chi connectivity index (χ3n) is 3.96. The summed E-state index contributed by atoms with van der Waals surface area (Å²) in [7, 11) is 0. The van der Waals surface area contributed by atoms with Crippen LogP contribution in [0.3, 0.4) is 0 Å². The Labute approximate surface area is 113 Å². The second-order valence-electron chi connectivity index (χ2n) is 5.33. The van der Waals surface area contributed by atoms with Gasteiger partial charge in [-0.15, -0.1) is 0 Å². The van der Waals surface area contributed by atoms with Crippen LogP contribution in [-0.2, 0) is 16.0 Å². The van der Waals surface area contributed by atoms with E-state index in [1.807, 2.05) is 12.1 Å². The molecule has 2 N–H and O–H groups in total.